The van der Waals surface area contributed by atoms with Crippen LogP contribution >= 0.6 is 0 Å². The Kier molecular flexibility index (Phi) is 6.28. The molecule has 1 aliphatic rings. The highest BCUT2D eigenvalue weighted by atomic mass is 14.7. The maximum absolute atomic E-state index is 6.37. The second-order valence-electron chi connectivity index (χ2n) is 7.55. The highest BCUT2D eigenvalue weighted by Crippen LogP contribution is 2.52. The van der Waals surface area contributed by atoms with Crippen molar-refractivity contribution in [1.82, 2.24) is 0 Å². The normalized spacial score (nSPS) is 32.2. The van der Waals surface area contributed by atoms with E-state index >= 15 is 0 Å². The summed E-state index contributed by atoms with van der Waals surface area (Å²) < 4.78 is 0. The second kappa shape index (κ2) is 7.05. The summed E-state index contributed by atoms with van der Waals surface area (Å²) >= 11 is 0. The van der Waals surface area contributed by atoms with E-state index in [1.54, 1.807) is 0 Å². The van der Waals surface area contributed by atoms with Gasteiger partial charge in [-0.15, -0.1) is 0 Å². The zero-order valence-corrected chi connectivity index (χ0v) is 13.3. The lowest BCUT2D eigenvalue weighted by Gasteiger charge is -2.51. The third-order valence-corrected chi connectivity index (χ3v) is 5.48. The first-order valence-electron chi connectivity index (χ1n) is 8.02. The van der Waals surface area contributed by atoms with Crippen LogP contribution in [0.4, 0.5) is 0 Å². The Morgan fingerprint density at radius 2 is 1.84 bits per heavy atom. The maximum Gasteiger partial charge on any atom is 0.00444 e. The van der Waals surface area contributed by atoms with Crippen LogP contribution in [0, 0.1) is 10.8 Å². The zero-order chi connectivity index (χ0) is 14.5. The summed E-state index contributed by atoms with van der Waals surface area (Å²) in [6.07, 6.45) is 9.29. The Morgan fingerprint density at radius 3 is 2.47 bits per heavy atom. The molecule has 3 nitrogen and oxygen atoms in total. The van der Waals surface area contributed by atoms with Gasteiger partial charge in [0.25, 0.3) is 0 Å². The Morgan fingerprint density at radius 1 is 1.16 bits per heavy atom. The molecule has 0 heterocycles. The first-order chi connectivity index (χ1) is 8.81. The SMILES string of the molecule is CC1(C)CCC(N)CC1(C)CC(N)CCCCCN. The summed E-state index contributed by atoms with van der Waals surface area (Å²) in [5.74, 6) is 0. The van der Waals surface area contributed by atoms with Crippen LogP contribution in [0.2, 0.25) is 0 Å². The minimum Gasteiger partial charge on any atom is -0.330 e. The van der Waals surface area contributed by atoms with Crippen molar-refractivity contribution in [2.24, 2.45) is 28.0 Å². The molecule has 0 aromatic carbocycles. The fourth-order valence-corrected chi connectivity index (χ4v) is 3.57. The number of unbranched alkanes of at least 4 members (excludes halogenated alkanes) is 2. The first kappa shape index (κ1) is 16.9. The van der Waals surface area contributed by atoms with Crippen molar-refractivity contribution in [3.63, 3.8) is 0 Å². The van der Waals surface area contributed by atoms with Crippen LogP contribution in [0.15, 0.2) is 0 Å². The van der Waals surface area contributed by atoms with Crippen molar-refractivity contribution in [2.75, 3.05) is 6.54 Å². The molecule has 0 bridgehead atoms. The van der Waals surface area contributed by atoms with Crippen LogP contribution < -0.4 is 17.2 Å². The van der Waals surface area contributed by atoms with Gasteiger partial charge in [-0.05, 0) is 55.9 Å². The Hall–Kier alpha value is -0.120. The first-order valence-corrected chi connectivity index (χ1v) is 8.02. The lowest BCUT2D eigenvalue weighted by molar-refractivity contribution is 0.00888. The minimum absolute atomic E-state index is 0.290. The van der Waals surface area contributed by atoms with Crippen LogP contribution in [-0.2, 0) is 0 Å². The molecule has 1 rings (SSSR count). The maximum atomic E-state index is 6.37. The highest BCUT2D eigenvalue weighted by molar-refractivity contribution is 4.98. The molecule has 3 unspecified atom stereocenters. The van der Waals surface area contributed by atoms with Crippen molar-refractivity contribution in [3.8, 4) is 0 Å². The van der Waals surface area contributed by atoms with Gasteiger partial charge in [0.15, 0.2) is 0 Å². The molecule has 0 amide bonds. The smallest absolute Gasteiger partial charge is 0.00444 e. The quantitative estimate of drug-likeness (QED) is 0.622. The average molecular weight is 269 g/mol. The van der Waals surface area contributed by atoms with Gasteiger partial charge < -0.3 is 17.2 Å². The molecule has 0 aromatic heterocycles. The fourth-order valence-electron chi connectivity index (χ4n) is 3.57. The van der Waals surface area contributed by atoms with E-state index in [-0.39, 0.29) is 5.41 Å². The van der Waals surface area contributed by atoms with Crippen molar-refractivity contribution >= 4 is 0 Å². The van der Waals surface area contributed by atoms with Crippen molar-refractivity contribution in [1.29, 1.82) is 0 Å². The molecule has 3 heteroatoms. The average Bonchev–Trinajstić information content (AvgIpc) is 2.30. The predicted octanol–water partition coefficient (Wildman–Crippen LogP) is 2.77. The number of hydrogen-bond acceptors (Lipinski definition) is 3. The summed E-state index contributed by atoms with van der Waals surface area (Å²) in [5, 5.41) is 0. The van der Waals surface area contributed by atoms with Gasteiger partial charge in [0, 0.05) is 12.1 Å². The van der Waals surface area contributed by atoms with E-state index in [4.69, 9.17) is 17.2 Å². The molecule has 0 aromatic rings. The predicted molar refractivity (Wildman–Crippen MR) is 83.8 cm³/mol. The van der Waals surface area contributed by atoms with Gasteiger partial charge in [-0.25, -0.2) is 0 Å². The molecule has 114 valence electrons. The minimum atomic E-state index is 0.290. The Labute approximate surface area is 119 Å². The Bertz CT molecular complexity index is 265. The molecular weight excluding hydrogens is 234 g/mol. The summed E-state index contributed by atoms with van der Waals surface area (Å²) in [7, 11) is 0. The molecule has 6 N–H and O–H groups in total. The zero-order valence-electron chi connectivity index (χ0n) is 13.3. The van der Waals surface area contributed by atoms with E-state index in [0.29, 0.717) is 17.5 Å². The third kappa shape index (κ3) is 4.73. The monoisotopic (exact) mass is 269 g/mol. The standard InChI is InChI=1S/C16H35N3/c1-15(2)9-8-14(19)12-16(15,3)11-13(18)7-5-4-6-10-17/h13-14H,4-12,17-19H2,1-3H3. The summed E-state index contributed by atoms with van der Waals surface area (Å²) in [4.78, 5) is 0. The molecule has 1 aliphatic carbocycles. The van der Waals surface area contributed by atoms with Crippen LogP contribution in [0.1, 0.15) is 72.1 Å². The molecule has 0 radical (unpaired) electrons. The van der Waals surface area contributed by atoms with Gasteiger partial charge in [0.05, 0.1) is 0 Å². The molecule has 19 heavy (non-hydrogen) atoms. The third-order valence-electron chi connectivity index (χ3n) is 5.48. The van der Waals surface area contributed by atoms with Gasteiger partial charge >= 0.3 is 0 Å². The summed E-state index contributed by atoms with van der Waals surface area (Å²) in [6.45, 7) is 7.97. The number of rotatable bonds is 7. The number of nitrogens with two attached hydrogens (primary N) is 3. The van der Waals surface area contributed by atoms with Crippen LogP contribution in [0.5, 0.6) is 0 Å². The molecule has 0 spiro atoms. The van der Waals surface area contributed by atoms with E-state index in [0.717, 1.165) is 38.6 Å². The molecular formula is C16H35N3. The van der Waals surface area contributed by atoms with Crippen molar-refractivity contribution in [3.05, 3.63) is 0 Å². The van der Waals surface area contributed by atoms with E-state index in [1.165, 1.54) is 19.3 Å². The summed E-state index contributed by atoms with van der Waals surface area (Å²) in [5.41, 5.74) is 18.7. The lowest BCUT2D eigenvalue weighted by Crippen LogP contribution is -2.48. The van der Waals surface area contributed by atoms with E-state index in [1.807, 2.05) is 0 Å². The largest absolute Gasteiger partial charge is 0.330 e. The topological polar surface area (TPSA) is 78.1 Å². The van der Waals surface area contributed by atoms with Crippen molar-refractivity contribution in [2.45, 2.75) is 84.2 Å². The summed E-state index contributed by atoms with van der Waals surface area (Å²) in [6, 6.07) is 0.676. The fraction of sp³-hybridized carbons (Fsp3) is 1.00. The lowest BCUT2D eigenvalue weighted by atomic mass is 9.55. The van der Waals surface area contributed by atoms with Crippen LogP contribution in [-0.4, -0.2) is 18.6 Å². The second-order valence-corrected chi connectivity index (χ2v) is 7.55. The van der Waals surface area contributed by atoms with E-state index in [9.17, 15) is 0 Å². The molecule has 1 saturated carbocycles. The number of hydrogen-bond donors (Lipinski definition) is 3. The molecule has 1 fully saturated rings. The molecule has 0 aliphatic heterocycles. The van der Waals surface area contributed by atoms with Gasteiger partial charge in [0.1, 0.15) is 0 Å². The molecule has 3 atom stereocenters. The van der Waals surface area contributed by atoms with Gasteiger partial charge in [-0.2, -0.15) is 0 Å². The van der Waals surface area contributed by atoms with Gasteiger partial charge in [-0.1, -0.05) is 33.6 Å². The van der Waals surface area contributed by atoms with Crippen molar-refractivity contribution < 1.29 is 0 Å². The highest BCUT2D eigenvalue weighted by Gasteiger charge is 2.45. The van der Waals surface area contributed by atoms with Gasteiger partial charge in [-0.3, -0.25) is 0 Å². The van der Waals surface area contributed by atoms with Gasteiger partial charge in [0.2, 0.25) is 0 Å². The Balaban J connectivity index is 2.47. The van der Waals surface area contributed by atoms with E-state index < -0.39 is 0 Å². The molecule has 0 saturated heterocycles. The van der Waals surface area contributed by atoms with Crippen LogP contribution in [0.3, 0.4) is 0 Å². The van der Waals surface area contributed by atoms with E-state index in [2.05, 4.69) is 20.8 Å². The van der Waals surface area contributed by atoms with Crippen LogP contribution in [0.25, 0.3) is 0 Å².